The Balaban J connectivity index is 1.68. The van der Waals surface area contributed by atoms with E-state index in [0.29, 0.717) is 22.4 Å². The smallest absolute Gasteiger partial charge is 0.253 e. The normalized spacial score (nSPS) is 15.6. The first kappa shape index (κ1) is 18.6. The fourth-order valence-corrected chi connectivity index (χ4v) is 2.94. The molecular formula is C21H21N3O3. The zero-order chi connectivity index (χ0) is 19.2. The van der Waals surface area contributed by atoms with E-state index in [1.165, 1.54) is 0 Å². The van der Waals surface area contributed by atoms with E-state index >= 15 is 0 Å². The number of amides is 1. The molecule has 0 spiro atoms. The fourth-order valence-electron chi connectivity index (χ4n) is 2.94. The summed E-state index contributed by atoms with van der Waals surface area (Å²) in [4.78, 5) is 28.1. The first-order valence-corrected chi connectivity index (χ1v) is 8.80. The summed E-state index contributed by atoms with van der Waals surface area (Å²) in [5, 5.41) is 8.83. The quantitative estimate of drug-likeness (QED) is 0.762. The molecule has 1 atom stereocenters. The molecule has 1 saturated heterocycles. The zero-order valence-corrected chi connectivity index (χ0v) is 15.2. The molecule has 0 saturated carbocycles. The van der Waals surface area contributed by atoms with Crippen molar-refractivity contribution in [2.45, 2.75) is 6.10 Å². The lowest BCUT2D eigenvalue weighted by Crippen LogP contribution is -2.47. The average molecular weight is 363 g/mol. The van der Waals surface area contributed by atoms with Gasteiger partial charge in [0, 0.05) is 31.7 Å². The number of piperazine rings is 1. The third-order valence-electron chi connectivity index (χ3n) is 4.65. The van der Waals surface area contributed by atoms with Gasteiger partial charge in [-0.3, -0.25) is 9.59 Å². The topological polar surface area (TPSA) is 73.6 Å². The molecule has 1 unspecified atom stereocenters. The molecule has 2 aromatic carbocycles. The van der Waals surface area contributed by atoms with Crippen LogP contribution < -0.4 is 4.74 Å². The third-order valence-corrected chi connectivity index (χ3v) is 4.65. The van der Waals surface area contributed by atoms with Crippen molar-refractivity contribution in [2.75, 3.05) is 33.2 Å². The Labute approximate surface area is 158 Å². The van der Waals surface area contributed by atoms with Crippen LogP contribution in [0.25, 0.3) is 0 Å². The van der Waals surface area contributed by atoms with Gasteiger partial charge in [-0.2, -0.15) is 5.26 Å². The molecule has 1 heterocycles. The minimum atomic E-state index is -0.772. The molecule has 6 heteroatoms. The van der Waals surface area contributed by atoms with Crippen LogP contribution in [0, 0.1) is 11.3 Å². The van der Waals surface area contributed by atoms with Crippen molar-refractivity contribution >= 4 is 12.2 Å². The van der Waals surface area contributed by atoms with E-state index in [4.69, 9.17) is 10.00 Å². The number of carbonyl (C=O) groups excluding carboxylic acids is 2. The number of benzene rings is 2. The highest BCUT2D eigenvalue weighted by molar-refractivity contribution is 5.94. The van der Waals surface area contributed by atoms with Gasteiger partial charge in [-0.15, -0.1) is 0 Å². The summed E-state index contributed by atoms with van der Waals surface area (Å²) in [5.74, 6) is 0.508. The van der Waals surface area contributed by atoms with E-state index in [1.807, 2.05) is 18.0 Å². The first-order chi connectivity index (χ1) is 13.1. The predicted molar refractivity (Wildman–Crippen MR) is 100 cm³/mol. The number of hydrogen-bond acceptors (Lipinski definition) is 5. The van der Waals surface area contributed by atoms with E-state index in [1.54, 1.807) is 48.5 Å². The van der Waals surface area contributed by atoms with Crippen molar-refractivity contribution in [3.63, 3.8) is 0 Å². The van der Waals surface area contributed by atoms with Crippen LogP contribution in [0.3, 0.4) is 0 Å². The van der Waals surface area contributed by atoms with Crippen molar-refractivity contribution in [3.05, 3.63) is 65.2 Å². The highest BCUT2D eigenvalue weighted by atomic mass is 16.5. The number of ether oxygens (including phenoxy) is 1. The second-order valence-corrected chi connectivity index (χ2v) is 6.53. The largest absolute Gasteiger partial charge is 0.478 e. The summed E-state index contributed by atoms with van der Waals surface area (Å²) in [7, 11) is 2.05. The second kappa shape index (κ2) is 8.47. The lowest BCUT2D eigenvalue weighted by molar-refractivity contribution is -0.113. The maximum absolute atomic E-state index is 12.6. The lowest BCUT2D eigenvalue weighted by atomic mass is 10.1. The second-order valence-electron chi connectivity index (χ2n) is 6.53. The van der Waals surface area contributed by atoms with Gasteiger partial charge >= 0.3 is 0 Å². The number of hydrogen-bond donors (Lipinski definition) is 0. The number of nitrogens with zero attached hydrogens (tertiary/aromatic N) is 3. The monoisotopic (exact) mass is 363 g/mol. The van der Waals surface area contributed by atoms with Gasteiger partial charge in [-0.1, -0.05) is 12.1 Å². The minimum Gasteiger partial charge on any atom is -0.478 e. The van der Waals surface area contributed by atoms with Gasteiger partial charge in [0.05, 0.1) is 11.6 Å². The maximum atomic E-state index is 12.6. The van der Waals surface area contributed by atoms with Crippen LogP contribution in [-0.4, -0.2) is 55.2 Å². The van der Waals surface area contributed by atoms with Crippen molar-refractivity contribution in [3.8, 4) is 11.8 Å². The minimum absolute atomic E-state index is 0.00492. The van der Waals surface area contributed by atoms with Gasteiger partial charge in [0.1, 0.15) is 5.75 Å². The molecule has 0 aromatic heterocycles. The van der Waals surface area contributed by atoms with Crippen molar-refractivity contribution in [1.29, 1.82) is 5.26 Å². The van der Waals surface area contributed by atoms with Gasteiger partial charge in [-0.05, 0) is 49.0 Å². The van der Waals surface area contributed by atoms with Crippen molar-refractivity contribution in [1.82, 2.24) is 9.80 Å². The molecule has 2 aromatic rings. The highest BCUT2D eigenvalue weighted by Gasteiger charge is 2.21. The van der Waals surface area contributed by atoms with Crippen LogP contribution in [0.4, 0.5) is 0 Å². The van der Waals surface area contributed by atoms with Gasteiger partial charge in [0.15, 0.2) is 12.4 Å². The Bertz CT molecular complexity index is 832. The molecule has 0 aliphatic carbocycles. The Kier molecular flexibility index (Phi) is 5.84. The number of nitriles is 1. The van der Waals surface area contributed by atoms with Gasteiger partial charge in [0.2, 0.25) is 0 Å². The Morgan fingerprint density at radius 3 is 2.26 bits per heavy atom. The molecule has 6 nitrogen and oxygen atoms in total. The standard InChI is InChI=1S/C21H21N3O3/c1-23-10-12-24(13-11-23)21(26)18-6-4-17(5-7-18)20(15-25)27-19-8-2-16(14-22)3-9-19/h2-9,15,20H,10-13H2,1H3. The van der Waals surface area contributed by atoms with Crippen LogP contribution in [0.15, 0.2) is 48.5 Å². The summed E-state index contributed by atoms with van der Waals surface area (Å²) in [6, 6.07) is 15.6. The van der Waals surface area contributed by atoms with Gasteiger partial charge < -0.3 is 14.5 Å². The molecule has 0 N–H and O–H groups in total. The van der Waals surface area contributed by atoms with E-state index in [-0.39, 0.29) is 5.91 Å². The summed E-state index contributed by atoms with van der Waals surface area (Å²) in [6.07, 6.45) is -0.0547. The number of aldehydes is 1. The SMILES string of the molecule is CN1CCN(C(=O)c2ccc(C(C=O)Oc3ccc(C#N)cc3)cc2)CC1. The van der Waals surface area contributed by atoms with Crippen LogP contribution in [0.5, 0.6) is 5.75 Å². The molecule has 27 heavy (non-hydrogen) atoms. The van der Waals surface area contributed by atoms with Crippen molar-refractivity contribution < 1.29 is 14.3 Å². The Morgan fingerprint density at radius 2 is 1.70 bits per heavy atom. The third kappa shape index (κ3) is 4.52. The van der Waals surface area contributed by atoms with Gasteiger partial charge in [0.25, 0.3) is 5.91 Å². The van der Waals surface area contributed by atoms with Crippen LogP contribution >= 0.6 is 0 Å². The molecule has 1 aliphatic heterocycles. The highest BCUT2D eigenvalue weighted by Crippen LogP contribution is 2.22. The van der Waals surface area contributed by atoms with E-state index in [2.05, 4.69) is 4.90 Å². The predicted octanol–water partition coefficient (Wildman–Crippen LogP) is 2.26. The molecular weight excluding hydrogens is 342 g/mol. The Hall–Kier alpha value is -3.17. The number of likely N-dealkylation sites (N-methyl/N-ethyl adjacent to an activating group) is 1. The van der Waals surface area contributed by atoms with Crippen LogP contribution in [-0.2, 0) is 4.79 Å². The van der Waals surface area contributed by atoms with E-state index < -0.39 is 6.10 Å². The average Bonchev–Trinajstić information content (AvgIpc) is 2.72. The molecule has 1 aliphatic rings. The van der Waals surface area contributed by atoms with E-state index in [0.717, 1.165) is 32.5 Å². The van der Waals surface area contributed by atoms with E-state index in [9.17, 15) is 9.59 Å². The number of carbonyl (C=O) groups is 2. The van der Waals surface area contributed by atoms with Crippen molar-refractivity contribution in [2.24, 2.45) is 0 Å². The molecule has 0 radical (unpaired) electrons. The summed E-state index contributed by atoms with van der Waals surface area (Å²) in [5.41, 5.74) is 1.80. The summed E-state index contributed by atoms with van der Waals surface area (Å²) in [6.45, 7) is 3.18. The number of rotatable bonds is 5. The molecule has 3 rings (SSSR count). The molecule has 1 amide bonds. The molecule has 1 fully saturated rings. The summed E-state index contributed by atoms with van der Waals surface area (Å²) < 4.78 is 5.70. The van der Waals surface area contributed by atoms with Gasteiger partial charge in [-0.25, -0.2) is 0 Å². The molecule has 138 valence electrons. The molecule has 0 bridgehead atoms. The Morgan fingerprint density at radius 1 is 1.07 bits per heavy atom. The zero-order valence-electron chi connectivity index (χ0n) is 15.2. The van der Waals surface area contributed by atoms with Crippen LogP contribution in [0.2, 0.25) is 0 Å². The maximum Gasteiger partial charge on any atom is 0.253 e. The summed E-state index contributed by atoms with van der Waals surface area (Å²) >= 11 is 0. The first-order valence-electron chi connectivity index (χ1n) is 8.80. The fraction of sp³-hybridized carbons (Fsp3) is 0.286. The van der Waals surface area contributed by atoms with Crippen LogP contribution in [0.1, 0.15) is 27.6 Å². The lowest BCUT2D eigenvalue weighted by Gasteiger charge is -2.32.